The smallest absolute Gasteiger partial charge is 0.305 e. The lowest BCUT2D eigenvalue weighted by atomic mass is 9.89. The Hall–Kier alpha value is -2.44. The summed E-state index contributed by atoms with van der Waals surface area (Å²) >= 11 is 0. The minimum absolute atomic E-state index is 0.0817. The van der Waals surface area contributed by atoms with E-state index >= 15 is 0 Å². The highest BCUT2D eigenvalue weighted by Crippen LogP contribution is 2.29. The number of ether oxygens (including phenoxy) is 1. The molecule has 1 atom stereocenters. The van der Waals surface area contributed by atoms with Gasteiger partial charge in [0.1, 0.15) is 0 Å². The third-order valence-corrected chi connectivity index (χ3v) is 4.91. The summed E-state index contributed by atoms with van der Waals surface area (Å²) in [4.78, 5) is 35.8. The summed E-state index contributed by atoms with van der Waals surface area (Å²) in [6.07, 6.45) is 4.98. The molecule has 1 aliphatic heterocycles. The summed E-state index contributed by atoms with van der Waals surface area (Å²) in [6, 6.07) is 6.74. The fourth-order valence-electron chi connectivity index (χ4n) is 3.36. The summed E-state index contributed by atoms with van der Waals surface area (Å²) in [6.45, 7) is 1.43. The van der Waals surface area contributed by atoms with Gasteiger partial charge in [-0.25, -0.2) is 0 Å². The number of esters is 1. The normalized spacial score (nSPS) is 17.9. The fourth-order valence-corrected chi connectivity index (χ4v) is 3.36. The van der Waals surface area contributed by atoms with E-state index in [1.54, 1.807) is 12.1 Å². The maximum Gasteiger partial charge on any atom is 0.305 e. The predicted octanol–water partition coefficient (Wildman–Crippen LogP) is 3.42. The molecule has 0 spiro atoms. The average molecular weight is 362 g/mol. The number of likely N-dealkylation sites (tertiary alicyclic amines) is 1. The van der Waals surface area contributed by atoms with E-state index in [2.05, 4.69) is 4.74 Å². The Morgan fingerprint density at radius 3 is 2.54 bits per heavy atom. The van der Waals surface area contributed by atoms with Crippen molar-refractivity contribution in [1.29, 1.82) is 0 Å². The lowest BCUT2D eigenvalue weighted by Gasteiger charge is -2.29. The van der Waals surface area contributed by atoms with E-state index in [9.17, 15) is 19.7 Å². The minimum atomic E-state index is -0.392. The lowest BCUT2D eigenvalue weighted by Crippen LogP contribution is -2.34. The van der Waals surface area contributed by atoms with Crippen LogP contribution in [0.2, 0.25) is 0 Å². The Balaban J connectivity index is 1.89. The molecule has 1 aliphatic rings. The molecule has 7 nitrogen and oxygen atoms in total. The van der Waals surface area contributed by atoms with E-state index in [0.29, 0.717) is 25.3 Å². The van der Waals surface area contributed by atoms with Crippen LogP contribution in [0.25, 0.3) is 0 Å². The first-order valence-electron chi connectivity index (χ1n) is 9.10. The number of rotatable bonds is 6. The number of nitro benzene ring substituents is 1. The zero-order valence-electron chi connectivity index (χ0n) is 15.2. The lowest BCUT2D eigenvalue weighted by molar-refractivity contribution is -0.384. The third kappa shape index (κ3) is 5.82. The van der Waals surface area contributed by atoms with Crippen molar-refractivity contribution in [2.45, 2.75) is 50.9 Å². The Kier molecular flexibility index (Phi) is 7.56. The number of carbonyl (C=O) groups is 2. The molecule has 0 aliphatic carbocycles. The molecule has 26 heavy (non-hydrogen) atoms. The van der Waals surface area contributed by atoms with Crippen LogP contribution in [0.3, 0.4) is 0 Å². The zero-order chi connectivity index (χ0) is 18.9. The van der Waals surface area contributed by atoms with Crippen molar-refractivity contribution in [3.63, 3.8) is 0 Å². The van der Waals surface area contributed by atoms with Crippen molar-refractivity contribution < 1.29 is 19.2 Å². The van der Waals surface area contributed by atoms with Gasteiger partial charge in [0.15, 0.2) is 0 Å². The molecular formula is C19H26N2O5. The van der Waals surface area contributed by atoms with Crippen molar-refractivity contribution >= 4 is 17.6 Å². The van der Waals surface area contributed by atoms with Crippen LogP contribution in [0, 0.1) is 10.1 Å². The molecule has 0 saturated carbocycles. The fraction of sp³-hybridized carbons (Fsp3) is 0.579. The van der Waals surface area contributed by atoms with Crippen LogP contribution in [-0.4, -0.2) is 41.9 Å². The molecule has 7 heteroatoms. The number of methoxy groups -OCH3 is 1. The molecular weight excluding hydrogens is 336 g/mol. The molecule has 1 aromatic rings. The SMILES string of the molecule is COC(=O)CCCC(=O)N1CCCCC(c2ccc([N+](=O)[O-])cc2)CC1. The summed E-state index contributed by atoms with van der Waals surface area (Å²) in [5, 5.41) is 10.8. The van der Waals surface area contributed by atoms with E-state index in [1.807, 2.05) is 17.0 Å². The summed E-state index contributed by atoms with van der Waals surface area (Å²) in [5.74, 6) is 0.100. The number of benzene rings is 1. The molecule has 1 heterocycles. The molecule has 1 fully saturated rings. The molecule has 2 rings (SSSR count). The average Bonchev–Trinajstić information content (AvgIpc) is 2.61. The van der Waals surface area contributed by atoms with Crippen LogP contribution in [-0.2, 0) is 14.3 Å². The van der Waals surface area contributed by atoms with Crippen molar-refractivity contribution in [3.05, 3.63) is 39.9 Å². The van der Waals surface area contributed by atoms with Crippen LogP contribution in [0.1, 0.15) is 56.4 Å². The summed E-state index contributed by atoms with van der Waals surface area (Å²) < 4.78 is 4.59. The third-order valence-electron chi connectivity index (χ3n) is 4.91. The highest BCUT2D eigenvalue weighted by Gasteiger charge is 2.21. The van der Waals surface area contributed by atoms with Gasteiger partial charge in [-0.1, -0.05) is 18.6 Å². The van der Waals surface area contributed by atoms with Gasteiger partial charge in [0.05, 0.1) is 12.0 Å². The number of carbonyl (C=O) groups excluding carboxylic acids is 2. The number of hydrogen-bond donors (Lipinski definition) is 0. The van der Waals surface area contributed by atoms with Gasteiger partial charge in [-0.2, -0.15) is 0 Å². The number of nitro groups is 1. The van der Waals surface area contributed by atoms with E-state index < -0.39 is 4.92 Å². The van der Waals surface area contributed by atoms with Crippen LogP contribution in [0.4, 0.5) is 5.69 Å². The molecule has 1 amide bonds. The molecule has 0 radical (unpaired) electrons. The van der Waals surface area contributed by atoms with Gasteiger partial charge in [-0.15, -0.1) is 0 Å². The van der Waals surface area contributed by atoms with E-state index in [4.69, 9.17) is 0 Å². The molecule has 1 aromatic carbocycles. The summed E-state index contributed by atoms with van der Waals surface area (Å²) in [5.41, 5.74) is 1.19. The van der Waals surface area contributed by atoms with Crippen LogP contribution in [0.5, 0.6) is 0 Å². The first-order valence-corrected chi connectivity index (χ1v) is 9.10. The van der Waals surface area contributed by atoms with Crippen LogP contribution in [0.15, 0.2) is 24.3 Å². The number of non-ortho nitro benzene ring substituents is 1. The van der Waals surface area contributed by atoms with Gasteiger partial charge in [0, 0.05) is 38.1 Å². The van der Waals surface area contributed by atoms with E-state index in [-0.39, 0.29) is 24.0 Å². The zero-order valence-corrected chi connectivity index (χ0v) is 15.2. The largest absolute Gasteiger partial charge is 0.469 e. The maximum atomic E-state index is 12.4. The first-order chi connectivity index (χ1) is 12.5. The minimum Gasteiger partial charge on any atom is -0.469 e. The van der Waals surface area contributed by atoms with E-state index in [1.165, 1.54) is 7.11 Å². The van der Waals surface area contributed by atoms with Crippen molar-refractivity contribution in [3.8, 4) is 0 Å². The topological polar surface area (TPSA) is 89.8 Å². The highest BCUT2D eigenvalue weighted by atomic mass is 16.6. The Morgan fingerprint density at radius 1 is 1.15 bits per heavy atom. The van der Waals surface area contributed by atoms with Gasteiger partial charge >= 0.3 is 5.97 Å². The molecule has 142 valence electrons. The Morgan fingerprint density at radius 2 is 1.88 bits per heavy atom. The van der Waals surface area contributed by atoms with Gasteiger partial charge in [-0.05, 0) is 37.2 Å². The predicted molar refractivity (Wildman–Crippen MR) is 96.8 cm³/mol. The van der Waals surface area contributed by atoms with Gasteiger partial charge in [-0.3, -0.25) is 19.7 Å². The van der Waals surface area contributed by atoms with Crippen molar-refractivity contribution in [2.75, 3.05) is 20.2 Å². The second kappa shape index (κ2) is 9.89. The quantitative estimate of drug-likeness (QED) is 0.439. The van der Waals surface area contributed by atoms with Gasteiger partial charge in [0.2, 0.25) is 5.91 Å². The van der Waals surface area contributed by atoms with Gasteiger partial charge in [0.25, 0.3) is 5.69 Å². The molecule has 0 N–H and O–H groups in total. The van der Waals surface area contributed by atoms with E-state index in [0.717, 1.165) is 37.8 Å². The molecule has 0 bridgehead atoms. The number of hydrogen-bond acceptors (Lipinski definition) is 5. The van der Waals surface area contributed by atoms with Crippen LogP contribution >= 0.6 is 0 Å². The molecule has 1 unspecified atom stereocenters. The monoisotopic (exact) mass is 362 g/mol. The second-order valence-corrected chi connectivity index (χ2v) is 6.64. The Labute approximate surface area is 153 Å². The second-order valence-electron chi connectivity index (χ2n) is 6.64. The van der Waals surface area contributed by atoms with Crippen molar-refractivity contribution in [1.82, 2.24) is 4.90 Å². The molecule has 1 saturated heterocycles. The highest BCUT2D eigenvalue weighted by molar-refractivity contribution is 5.77. The first kappa shape index (κ1) is 19.9. The standard InChI is InChI=1S/C19H26N2O5/c1-26-19(23)7-4-6-18(22)20-13-3-2-5-15(12-14-20)16-8-10-17(11-9-16)21(24)25/h8-11,15H,2-7,12-14H2,1H3. The summed E-state index contributed by atoms with van der Waals surface area (Å²) in [7, 11) is 1.35. The number of amides is 1. The number of nitrogens with zero attached hydrogens (tertiary/aromatic N) is 2. The maximum absolute atomic E-state index is 12.4. The Bertz CT molecular complexity index is 629. The van der Waals surface area contributed by atoms with Gasteiger partial charge < -0.3 is 9.64 Å². The van der Waals surface area contributed by atoms with Crippen molar-refractivity contribution in [2.24, 2.45) is 0 Å². The molecule has 0 aromatic heterocycles. The van der Waals surface area contributed by atoms with Crippen LogP contribution < -0.4 is 0 Å².